The maximum absolute atomic E-state index is 12.2. The maximum atomic E-state index is 12.2. The molecule has 2 amide bonds. The summed E-state index contributed by atoms with van der Waals surface area (Å²) in [7, 11) is 0. The van der Waals surface area contributed by atoms with Crippen molar-refractivity contribution in [2.24, 2.45) is 0 Å². The summed E-state index contributed by atoms with van der Waals surface area (Å²) in [6.07, 6.45) is 2.73. The van der Waals surface area contributed by atoms with Crippen LogP contribution in [-0.4, -0.2) is 25.2 Å². The number of amides is 2. The first-order valence-corrected chi connectivity index (χ1v) is 10.7. The third kappa shape index (κ3) is 3.91. The fraction of sp³-hybridized carbons (Fsp3) is 0.231. The highest BCUT2D eigenvalue weighted by Crippen LogP contribution is 2.44. The zero-order chi connectivity index (χ0) is 21.2. The molecule has 0 saturated carbocycles. The molecule has 0 radical (unpaired) electrons. The van der Waals surface area contributed by atoms with E-state index in [0.29, 0.717) is 0 Å². The number of rotatable bonds is 5. The molecule has 0 heterocycles. The molecule has 0 aliphatic heterocycles. The molecule has 2 N–H and O–H groups in total. The van der Waals surface area contributed by atoms with E-state index in [9.17, 15) is 9.59 Å². The highest BCUT2D eigenvalue weighted by atomic mass is 16.5. The molecule has 0 bridgehead atoms. The molecule has 5 heteroatoms. The quantitative estimate of drug-likeness (QED) is 0.641. The Morgan fingerprint density at radius 2 is 1.55 bits per heavy atom. The van der Waals surface area contributed by atoms with Crippen molar-refractivity contribution >= 4 is 17.7 Å². The lowest BCUT2D eigenvalue weighted by molar-refractivity contribution is -0.115. The van der Waals surface area contributed by atoms with Crippen LogP contribution in [0.3, 0.4) is 0 Å². The lowest BCUT2D eigenvalue weighted by Gasteiger charge is -2.14. The van der Waals surface area contributed by atoms with E-state index in [4.69, 9.17) is 4.74 Å². The molecule has 0 aromatic heterocycles. The van der Waals surface area contributed by atoms with E-state index in [0.717, 1.165) is 36.1 Å². The third-order valence-electron chi connectivity index (χ3n) is 6.12. The van der Waals surface area contributed by atoms with Crippen LogP contribution in [0.4, 0.5) is 10.5 Å². The van der Waals surface area contributed by atoms with Crippen molar-refractivity contribution < 1.29 is 14.3 Å². The van der Waals surface area contributed by atoms with Crippen molar-refractivity contribution in [1.29, 1.82) is 0 Å². The summed E-state index contributed by atoms with van der Waals surface area (Å²) < 4.78 is 5.47. The molecular weight excluding hydrogens is 388 g/mol. The van der Waals surface area contributed by atoms with Crippen LogP contribution in [-0.2, 0) is 22.4 Å². The maximum Gasteiger partial charge on any atom is 0.407 e. The average molecular weight is 412 g/mol. The van der Waals surface area contributed by atoms with Crippen molar-refractivity contribution in [3.05, 3.63) is 89.0 Å². The van der Waals surface area contributed by atoms with E-state index in [2.05, 4.69) is 41.0 Å². The van der Waals surface area contributed by atoms with E-state index in [1.165, 1.54) is 22.3 Å². The van der Waals surface area contributed by atoms with E-state index in [1.807, 2.05) is 36.4 Å². The summed E-state index contributed by atoms with van der Waals surface area (Å²) in [5, 5.41) is 5.39. The van der Waals surface area contributed by atoms with Crippen LogP contribution in [0.15, 0.2) is 66.7 Å². The van der Waals surface area contributed by atoms with Gasteiger partial charge in [0.15, 0.2) is 0 Å². The molecule has 0 spiro atoms. The number of fused-ring (bicyclic) bond motifs is 4. The van der Waals surface area contributed by atoms with Crippen LogP contribution in [0.2, 0.25) is 0 Å². The van der Waals surface area contributed by atoms with Gasteiger partial charge in [-0.15, -0.1) is 0 Å². The fourth-order valence-electron chi connectivity index (χ4n) is 4.66. The molecule has 31 heavy (non-hydrogen) atoms. The third-order valence-corrected chi connectivity index (χ3v) is 6.12. The standard InChI is InChI=1S/C26H24N2O3/c29-25(28-19-13-12-17-6-5-7-18(17)14-19)15-27-26(30)31-16-24-22-10-3-1-8-20(22)21-9-2-4-11-23(21)24/h1-4,8-14,24H,5-7,15-16H2,(H,27,30)(H,28,29). The van der Waals surface area contributed by atoms with Crippen molar-refractivity contribution in [3.63, 3.8) is 0 Å². The number of carbonyl (C=O) groups excluding carboxylic acids is 2. The first-order valence-electron chi connectivity index (χ1n) is 10.7. The molecule has 0 saturated heterocycles. The van der Waals surface area contributed by atoms with Crippen LogP contribution in [0.5, 0.6) is 0 Å². The van der Waals surface area contributed by atoms with Gasteiger partial charge in [-0.3, -0.25) is 4.79 Å². The second-order valence-corrected chi connectivity index (χ2v) is 8.06. The lowest BCUT2D eigenvalue weighted by Crippen LogP contribution is -2.34. The zero-order valence-corrected chi connectivity index (χ0v) is 17.2. The van der Waals surface area contributed by atoms with E-state index in [-0.39, 0.29) is 25.0 Å². The van der Waals surface area contributed by atoms with Gasteiger partial charge < -0.3 is 15.4 Å². The number of carbonyl (C=O) groups is 2. The number of hydrogen-bond donors (Lipinski definition) is 2. The Bertz CT molecular complexity index is 1110. The Morgan fingerprint density at radius 1 is 0.871 bits per heavy atom. The molecule has 2 aliphatic carbocycles. The number of hydrogen-bond acceptors (Lipinski definition) is 3. The molecule has 5 rings (SSSR count). The van der Waals surface area contributed by atoms with Crippen molar-refractivity contribution in [2.75, 3.05) is 18.5 Å². The normalized spacial score (nSPS) is 13.8. The molecule has 156 valence electrons. The van der Waals surface area contributed by atoms with E-state index in [1.54, 1.807) is 0 Å². The number of alkyl carbamates (subject to hydrolysis) is 1. The second kappa shape index (κ2) is 8.26. The summed E-state index contributed by atoms with van der Waals surface area (Å²) in [5.74, 6) is -0.273. The Morgan fingerprint density at radius 3 is 2.29 bits per heavy atom. The van der Waals surface area contributed by atoms with E-state index < -0.39 is 6.09 Å². The number of ether oxygens (including phenoxy) is 1. The first kappa shape index (κ1) is 19.4. The second-order valence-electron chi connectivity index (χ2n) is 8.06. The number of anilines is 1. The van der Waals surface area contributed by atoms with Crippen LogP contribution in [0.25, 0.3) is 11.1 Å². The summed E-state index contributed by atoms with van der Waals surface area (Å²) in [4.78, 5) is 24.4. The summed E-state index contributed by atoms with van der Waals surface area (Å²) >= 11 is 0. The molecule has 0 unspecified atom stereocenters. The summed E-state index contributed by atoms with van der Waals surface area (Å²) in [6.45, 7) is 0.0973. The molecule has 2 aliphatic rings. The molecule has 0 fully saturated rings. The van der Waals surface area contributed by atoms with Gasteiger partial charge in [-0.1, -0.05) is 54.6 Å². The zero-order valence-electron chi connectivity index (χ0n) is 17.2. The van der Waals surface area contributed by atoms with Crippen LogP contribution >= 0.6 is 0 Å². The van der Waals surface area contributed by atoms with Gasteiger partial charge in [0.1, 0.15) is 13.2 Å². The highest BCUT2D eigenvalue weighted by Gasteiger charge is 2.29. The number of aryl methyl sites for hydroxylation is 2. The lowest BCUT2D eigenvalue weighted by atomic mass is 9.98. The predicted molar refractivity (Wildman–Crippen MR) is 120 cm³/mol. The van der Waals surface area contributed by atoms with Gasteiger partial charge in [0, 0.05) is 11.6 Å². The minimum Gasteiger partial charge on any atom is -0.449 e. The predicted octanol–water partition coefficient (Wildman–Crippen LogP) is 4.65. The van der Waals surface area contributed by atoms with Crippen molar-refractivity contribution in [3.8, 4) is 11.1 Å². The molecular formula is C26H24N2O3. The van der Waals surface area contributed by atoms with Gasteiger partial charge in [-0.05, 0) is 64.8 Å². The number of benzene rings is 3. The fourth-order valence-corrected chi connectivity index (χ4v) is 4.66. The SMILES string of the molecule is O=C(CNC(=O)OCC1c2ccccc2-c2ccccc21)Nc1ccc2c(c1)CCC2. The Labute approximate surface area is 181 Å². The largest absolute Gasteiger partial charge is 0.449 e. The van der Waals surface area contributed by atoms with Crippen LogP contribution < -0.4 is 10.6 Å². The van der Waals surface area contributed by atoms with Crippen LogP contribution in [0, 0.1) is 0 Å². The number of nitrogens with one attached hydrogen (secondary N) is 2. The summed E-state index contributed by atoms with van der Waals surface area (Å²) in [6, 6.07) is 22.4. The highest BCUT2D eigenvalue weighted by molar-refractivity contribution is 5.94. The van der Waals surface area contributed by atoms with Gasteiger partial charge in [-0.25, -0.2) is 4.79 Å². The Balaban J connectivity index is 1.15. The van der Waals surface area contributed by atoms with Gasteiger partial charge in [0.2, 0.25) is 5.91 Å². The molecule has 3 aromatic carbocycles. The van der Waals surface area contributed by atoms with E-state index >= 15 is 0 Å². The van der Waals surface area contributed by atoms with Gasteiger partial charge >= 0.3 is 6.09 Å². The van der Waals surface area contributed by atoms with Gasteiger partial charge in [0.25, 0.3) is 0 Å². The monoisotopic (exact) mass is 412 g/mol. The molecule has 3 aromatic rings. The average Bonchev–Trinajstić information content (AvgIpc) is 3.38. The summed E-state index contributed by atoms with van der Waals surface area (Å²) in [5.41, 5.74) is 8.09. The minimum atomic E-state index is -0.592. The van der Waals surface area contributed by atoms with Crippen molar-refractivity contribution in [2.45, 2.75) is 25.2 Å². The van der Waals surface area contributed by atoms with Crippen LogP contribution in [0.1, 0.15) is 34.6 Å². The topological polar surface area (TPSA) is 67.4 Å². The van der Waals surface area contributed by atoms with Gasteiger partial charge in [0.05, 0.1) is 0 Å². The minimum absolute atomic E-state index is 0.00149. The first-order chi connectivity index (χ1) is 15.2. The molecule has 0 atom stereocenters. The Kier molecular flexibility index (Phi) is 5.16. The molecule has 5 nitrogen and oxygen atoms in total. The smallest absolute Gasteiger partial charge is 0.407 e. The van der Waals surface area contributed by atoms with Gasteiger partial charge in [-0.2, -0.15) is 0 Å². The Hall–Kier alpha value is -3.60. The van der Waals surface area contributed by atoms with Crippen molar-refractivity contribution in [1.82, 2.24) is 5.32 Å².